The third kappa shape index (κ3) is 5.59. The van der Waals surface area contributed by atoms with E-state index in [4.69, 9.17) is 5.11 Å². The predicted octanol–water partition coefficient (Wildman–Crippen LogP) is 1.00. The molecular weight excluding hydrogens is 260 g/mol. The van der Waals surface area contributed by atoms with E-state index in [-0.39, 0.29) is 30.7 Å². The monoisotopic (exact) mass is 284 g/mol. The number of rotatable bonds is 6. The molecule has 6 nitrogen and oxygen atoms in total. The van der Waals surface area contributed by atoms with E-state index in [9.17, 15) is 14.4 Å². The van der Waals surface area contributed by atoms with Crippen LogP contribution in [0.15, 0.2) is 0 Å². The molecular formula is C14H24N2O4. The first-order chi connectivity index (χ1) is 9.40. The fourth-order valence-electron chi connectivity index (χ4n) is 2.27. The Bertz CT molecular complexity index is 368. The average molecular weight is 284 g/mol. The van der Waals surface area contributed by atoms with Gasteiger partial charge >= 0.3 is 5.97 Å². The van der Waals surface area contributed by atoms with Crippen LogP contribution in [0.3, 0.4) is 0 Å². The van der Waals surface area contributed by atoms with Crippen molar-refractivity contribution in [3.8, 4) is 0 Å². The molecule has 0 aromatic rings. The average Bonchev–Trinajstić information content (AvgIpc) is 2.53. The Hall–Kier alpha value is -1.59. The quantitative estimate of drug-likeness (QED) is 0.762. The predicted molar refractivity (Wildman–Crippen MR) is 74.1 cm³/mol. The van der Waals surface area contributed by atoms with Crippen LogP contribution in [0.25, 0.3) is 0 Å². The lowest BCUT2D eigenvalue weighted by Gasteiger charge is -2.24. The van der Waals surface area contributed by atoms with Gasteiger partial charge in [-0.2, -0.15) is 0 Å². The topological polar surface area (TPSA) is 86.7 Å². The molecule has 6 heteroatoms. The van der Waals surface area contributed by atoms with Crippen molar-refractivity contribution in [2.24, 2.45) is 5.92 Å². The molecule has 1 aliphatic heterocycles. The summed E-state index contributed by atoms with van der Waals surface area (Å²) in [5, 5.41) is 11.6. The smallest absolute Gasteiger partial charge is 0.305 e. The number of aliphatic carboxylic acids is 1. The van der Waals surface area contributed by atoms with Gasteiger partial charge in [0.1, 0.15) is 0 Å². The molecule has 0 aromatic carbocycles. The summed E-state index contributed by atoms with van der Waals surface area (Å²) in [6.07, 6.45) is 3.21. The minimum atomic E-state index is -0.935. The van der Waals surface area contributed by atoms with E-state index in [0.29, 0.717) is 13.0 Å². The van der Waals surface area contributed by atoms with Crippen molar-refractivity contribution in [3.63, 3.8) is 0 Å². The zero-order chi connectivity index (χ0) is 15.1. The van der Waals surface area contributed by atoms with Crippen LogP contribution in [-0.4, -0.2) is 46.9 Å². The number of nitrogens with one attached hydrogen (secondary N) is 1. The number of carbonyl (C=O) groups excluding carboxylic acids is 2. The summed E-state index contributed by atoms with van der Waals surface area (Å²) < 4.78 is 0. The first kappa shape index (κ1) is 16.5. The number of amides is 2. The number of carboxylic acids is 1. The van der Waals surface area contributed by atoms with Gasteiger partial charge in [0.2, 0.25) is 11.8 Å². The first-order valence-corrected chi connectivity index (χ1v) is 7.19. The Balaban J connectivity index is 2.51. The van der Waals surface area contributed by atoms with Crippen molar-refractivity contribution in [1.29, 1.82) is 0 Å². The lowest BCUT2D eigenvalue weighted by Crippen LogP contribution is -2.46. The maximum atomic E-state index is 12.0. The lowest BCUT2D eigenvalue weighted by molar-refractivity contribution is -0.139. The highest BCUT2D eigenvalue weighted by molar-refractivity contribution is 5.85. The molecule has 0 aromatic heterocycles. The van der Waals surface area contributed by atoms with Gasteiger partial charge in [-0.05, 0) is 18.8 Å². The van der Waals surface area contributed by atoms with Crippen LogP contribution in [0.2, 0.25) is 0 Å². The number of hydrogen-bond acceptors (Lipinski definition) is 3. The number of nitrogens with zero attached hydrogens (tertiary/aromatic N) is 1. The van der Waals surface area contributed by atoms with Gasteiger partial charge in [-0.3, -0.25) is 14.4 Å². The van der Waals surface area contributed by atoms with Gasteiger partial charge in [-0.15, -0.1) is 0 Å². The van der Waals surface area contributed by atoms with E-state index in [1.165, 1.54) is 0 Å². The third-order valence-corrected chi connectivity index (χ3v) is 3.55. The van der Waals surface area contributed by atoms with Gasteiger partial charge < -0.3 is 15.3 Å². The molecule has 1 heterocycles. The van der Waals surface area contributed by atoms with E-state index in [1.807, 2.05) is 13.8 Å². The normalized spacial score (nSPS) is 17.8. The second kappa shape index (κ2) is 7.87. The Morgan fingerprint density at radius 3 is 2.60 bits per heavy atom. The molecule has 0 saturated carbocycles. The summed E-state index contributed by atoms with van der Waals surface area (Å²) in [6, 6.07) is -0.401. The summed E-state index contributed by atoms with van der Waals surface area (Å²) in [6.45, 7) is 4.37. The Labute approximate surface area is 119 Å². The minimum Gasteiger partial charge on any atom is -0.481 e. The third-order valence-electron chi connectivity index (χ3n) is 3.55. The molecule has 20 heavy (non-hydrogen) atoms. The van der Waals surface area contributed by atoms with Gasteiger partial charge in [0, 0.05) is 19.0 Å². The van der Waals surface area contributed by atoms with E-state index < -0.39 is 12.0 Å². The largest absolute Gasteiger partial charge is 0.481 e. The molecule has 2 amide bonds. The molecule has 1 rings (SSSR count). The zero-order valence-electron chi connectivity index (χ0n) is 12.2. The molecule has 1 fully saturated rings. The molecule has 1 saturated heterocycles. The fraction of sp³-hybridized carbons (Fsp3) is 0.786. The maximum Gasteiger partial charge on any atom is 0.305 e. The van der Waals surface area contributed by atoms with Crippen molar-refractivity contribution >= 4 is 17.8 Å². The second-order valence-corrected chi connectivity index (χ2v) is 5.64. The Morgan fingerprint density at radius 2 is 2.00 bits per heavy atom. The molecule has 114 valence electrons. The molecule has 1 unspecified atom stereocenters. The molecule has 0 radical (unpaired) electrons. The van der Waals surface area contributed by atoms with Crippen LogP contribution in [0.5, 0.6) is 0 Å². The maximum absolute atomic E-state index is 12.0. The molecule has 1 aliphatic rings. The van der Waals surface area contributed by atoms with Crippen molar-refractivity contribution in [2.75, 3.05) is 13.1 Å². The van der Waals surface area contributed by atoms with Crippen LogP contribution in [0, 0.1) is 5.92 Å². The molecule has 0 spiro atoms. The number of carboxylic acid groups (broad SMARTS) is 1. The van der Waals surface area contributed by atoms with Crippen molar-refractivity contribution in [2.45, 2.75) is 52.0 Å². The lowest BCUT2D eigenvalue weighted by atomic mass is 10.0. The second-order valence-electron chi connectivity index (χ2n) is 5.64. The van der Waals surface area contributed by atoms with E-state index in [1.54, 1.807) is 4.90 Å². The molecule has 2 N–H and O–H groups in total. The summed E-state index contributed by atoms with van der Waals surface area (Å²) in [5.41, 5.74) is 0. The van der Waals surface area contributed by atoms with Gasteiger partial charge in [0.25, 0.3) is 0 Å². The van der Waals surface area contributed by atoms with Crippen molar-refractivity contribution < 1.29 is 19.5 Å². The van der Waals surface area contributed by atoms with Gasteiger partial charge in [0.15, 0.2) is 0 Å². The highest BCUT2D eigenvalue weighted by atomic mass is 16.4. The molecule has 0 bridgehead atoms. The highest BCUT2D eigenvalue weighted by Crippen LogP contribution is 2.11. The first-order valence-electron chi connectivity index (χ1n) is 7.19. The van der Waals surface area contributed by atoms with Crippen molar-refractivity contribution in [1.82, 2.24) is 10.2 Å². The molecule has 1 atom stereocenters. The fourth-order valence-corrected chi connectivity index (χ4v) is 2.27. The van der Waals surface area contributed by atoms with Crippen LogP contribution in [0.4, 0.5) is 0 Å². The van der Waals surface area contributed by atoms with Gasteiger partial charge in [-0.25, -0.2) is 0 Å². The van der Waals surface area contributed by atoms with E-state index in [2.05, 4.69) is 5.32 Å². The standard InChI is InChI=1S/C14H24N2O4/c1-10(2)11(8-14(19)20)15-12(17)9-16-7-5-3-4-6-13(16)18/h10-11H,3-9H2,1-2H3,(H,15,17)(H,19,20). The summed E-state index contributed by atoms with van der Waals surface area (Å²) in [4.78, 5) is 36.1. The minimum absolute atomic E-state index is 0.0111. The van der Waals surface area contributed by atoms with E-state index in [0.717, 1.165) is 19.3 Å². The summed E-state index contributed by atoms with van der Waals surface area (Å²) in [7, 11) is 0. The van der Waals surface area contributed by atoms with Crippen LogP contribution >= 0.6 is 0 Å². The summed E-state index contributed by atoms with van der Waals surface area (Å²) >= 11 is 0. The van der Waals surface area contributed by atoms with Crippen LogP contribution in [-0.2, 0) is 14.4 Å². The van der Waals surface area contributed by atoms with E-state index >= 15 is 0 Å². The zero-order valence-corrected chi connectivity index (χ0v) is 12.2. The number of likely N-dealkylation sites (tertiary alicyclic amines) is 1. The number of hydrogen-bond donors (Lipinski definition) is 2. The summed E-state index contributed by atoms with van der Waals surface area (Å²) in [5.74, 6) is -1.16. The number of carbonyl (C=O) groups is 3. The Morgan fingerprint density at radius 1 is 1.30 bits per heavy atom. The van der Waals surface area contributed by atoms with Crippen molar-refractivity contribution in [3.05, 3.63) is 0 Å². The Kier molecular flexibility index (Phi) is 6.48. The highest BCUT2D eigenvalue weighted by Gasteiger charge is 2.23. The SMILES string of the molecule is CC(C)C(CC(=O)O)NC(=O)CN1CCCCCC1=O. The van der Waals surface area contributed by atoms with Gasteiger partial charge in [-0.1, -0.05) is 20.3 Å². The van der Waals surface area contributed by atoms with Gasteiger partial charge in [0.05, 0.1) is 13.0 Å². The van der Waals surface area contributed by atoms with Crippen LogP contribution in [0.1, 0.15) is 46.0 Å². The van der Waals surface area contributed by atoms with Crippen LogP contribution < -0.4 is 5.32 Å². The molecule has 0 aliphatic carbocycles.